The highest BCUT2D eigenvalue weighted by molar-refractivity contribution is 7.98. The number of nitrogens with one attached hydrogen (secondary N) is 1. The monoisotopic (exact) mass is 367 g/mol. The van der Waals surface area contributed by atoms with Crippen molar-refractivity contribution in [1.29, 1.82) is 0 Å². The zero-order chi connectivity index (χ0) is 18.4. The fourth-order valence-corrected chi connectivity index (χ4v) is 2.98. The van der Waals surface area contributed by atoms with Crippen LogP contribution in [0.1, 0.15) is 17.2 Å². The molecule has 0 aliphatic heterocycles. The van der Waals surface area contributed by atoms with E-state index in [4.69, 9.17) is 9.47 Å². The first-order valence-electron chi connectivity index (χ1n) is 8.15. The van der Waals surface area contributed by atoms with Crippen LogP contribution < -0.4 is 14.8 Å². The van der Waals surface area contributed by atoms with Crippen molar-refractivity contribution in [1.82, 2.24) is 10.2 Å². The predicted molar refractivity (Wildman–Crippen MR) is 105 cm³/mol. The third-order valence-corrected chi connectivity index (χ3v) is 4.63. The molecule has 2 aromatic carbocycles. The van der Waals surface area contributed by atoms with E-state index in [0.29, 0.717) is 5.82 Å². The van der Waals surface area contributed by atoms with E-state index in [1.807, 2.05) is 54.8 Å². The van der Waals surface area contributed by atoms with Gasteiger partial charge in [0.15, 0.2) is 0 Å². The largest absolute Gasteiger partial charge is 0.497 e. The van der Waals surface area contributed by atoms with E-state index in [1.165, 1.54) is 0 Å². The normalized spacial score (nSPS) is 10.6. The maximum absolute atomic E-state index is 5.38. The molecule has 0 amide bonds. The molecule has 0 atom stereocenters. The van der Waals surface area contributed by atoms with Crippen LogP contribution >= 0.6 is 11.8 Å². The van der Waals surface area contributed by atoms with E-state index in [1.54, 1.807) is 26.0 Å². The van der Waals surface area contributed by atoms with Gasteiger partial charge < -0.3 is 14.8 Å². The standard InChI is InChI=1S/C20H21N3O2S/c1-24-16-8-4-6-14(12-16)20(15-7-5-9-17(13-15)25-2)21-18-10-11-19(26-3)23-22-18/h4-13,20H,1-3H3,(H,21,22). The highest BCUT2D eigenvalue weighted by Gasteiger charge is 2.16. The van der Waals surface area contributed by atoms with Crippen molar-refractivity contribution in [3.63, 3.8) is 0 Å². The van der Waals surface area contributed by atoms with Crippen LogP contribution in [0.2, 0.25) is 0 Å². The molecule has 3 rings (SSSR count). The van der Waals surface area contributed by atoms with Crippen molar-refractivity contribution in [2.45, 2.75) is 11.1 Å². The predicted octanol–water partition coefficient (Wildman–Crippen LogP) is 4.42. The number of thioether (sulfide) groups is 1. The summed E-state index contributed by atoms with van der Waals surface area (Å²) in [6.07, 6.45) is 1.98. The van der Waals surface area contributed by atoms with Gasteiger partial charge in [-0.3, -0.25) is 0 Å². The topological polar surface area (TPSA) is 56.3 Å². The number of anilines is 1. The van der Waals surface area contributed by atoms with Gasteiger partial charge in [-0.15, -0.1) is 22.0 Å². The van der Waals surface area contributed by atoms with Gasteiger partial charge in [0.2, 0.25) is 0 Å². The number of hydrogen-bond donors (Lipinski definition) is 1. The second kappa shape index (κ2) is 8.58. The van der Waals surface area contributed by atoms with Crippen LogP contribution in [0.4, 0.5) is 5.82 Å². The Labute approximate surface area is 157 Å². The minimum Gasteiger partial charge on any atom is -0.497 e. The summed E-state index contributed by atoms with van der Waals surface area (Å²) in [4.78, 5) is 0. The number of ether oxygens (including phenoxy) is 2. The van der Waals surface area contributed by atoms with Gasteiger partial charge in [-0.1, -0.05) is 24.3 Å². The van der Waals surface area contributed by atoms with E-state index in [-0.39, 0.29) is 6.04 Å². The number of rotatable bonds is 7. The Morgan fingerprint density at radius 2 is 1.46 bits per heavy atom. The average molecular weight is 367 g/mol. The minimum absolute atomic E-state index is 0.116. The third kappa shape index (κ3) is 4.26. The van der Waals surface area contributed by atoms with Gasteiger partial charge >= 0.3 is 0 Å². The zero-order valence-electron chi connectivity index (χ0n) is 15.0. The molecule has 0 saturated carbocycles. The number of aromatic nitrogens is 2. The second-order valence-corrected chi connectivity index (χ2v) is 6.42. The molecule has 1 heterocycles. The van der Waals surface area contributed by atoms with Crippen LogP contribution in [0, 0.1) is 0 Å². The van der Waals surface area contributed by atoms with Crippen molar-refractivity contribution in [3.8, 4) is 11.5 Å². The maximum atomic E-state index is 5.38. The van der Waals surface area contributed by atoms with E-state index < -0.39 is 0 Å². The van der Waals surface area contributed by atoms with Crippen LogP contribution in [0.5, 0.6) is 11.5 Å². The lowest BCUT2D eigenvalue weighted by Gasteiger charge is -2.21. The molecule has 5 nitrogen and oxygen atoms in total. The number of nitrogens with zero attached hydrogens (tertiary/aromatic N) is 2. The number of hydrogen-bond acceptors (Lipinski definition) is 6. The molecule has 3 aromatic rings. The lowest BCUT2D eigenvalue weighted by atomic mass is 9.98. The molecule has 0 aliphatic rings. The Kier molecular flexibility index (Phi) is 5.96. The van der Waals surface area contributed by atoms with Gasteiger partial charge in [0, 0.05) is 0 Å². The molecule has 0 aliphatic carbocycles. The smallest absolute Gasteiger partial charge is 0.149 e. The molecule has 0 unspecified atom stereocenters. The van der Waals surface area contributed by atoms with Crippen LogP contribution in [-0.2, 0) is 0 Å². The van der Waals surface area contributed by atoms with Crippen molar-refractivity contribution in [3.05, 3.63) is 71.8 Å². The van der Waals surface area contributed by atoms with Crippen molar-refractivity contribution in [2.75, 3.05) is 25.8 Å². The summed E-state index contributed by atoms with van der Waals surface area (Å²) in [5, 5.41) is 12.8. The van der Waals surface area contributed by atoms with Crippen LogP contribution in [-0.4, -0.2) is 30.7 Å². The molecule has 0 radical (unpaired) electrons. The molecule has 1 N–H and O–H groups in total. The first-order valence-corrected chi connectivity index (χ1v) is 9.38. The number of benzene rings is 2. The first kappa shape index (κ1) is 18.1. The lowest BCUT2D eigenvalue weighted by molar-refractivity contribution is 0.413. The molecule has 0 saturated heterocycles. The summed E-state index contributed by atoms with van der Waals surface area (Å²) in [6, 6.07) is 19.7. The Morgan fingerprint density at radius 3 is 1.92 bits per heavy atom. The fraction of sp³-hybridized carbons (Fsp3) is 0.200. The van der Waals surface area contributed by atoms with Gasteiger partial charge in [0.1, 0.15) is 22.3 Å². The van der Waals surface area contributed by atoms with Crippen molar-refractivity contribution >= 4 is 17.6 Å². The Balaban J connectivity index is 1.99. The van der Waals surface area contributed by atoms with E-state index in [0.717, 1.165) is 27.7 Å². The van der Waals surface area contributed by atoms with Crippen LogP contribution in [0.25, 0.3) is 0 Å². The van der Waals surface area contributed by atoms with Gasteiger partial charge in [0.05, 0.1) is 20.3 Å². The van der Waals surface area contributed by atoms with E-state index >= 15 is 0 Å². The molecular formula is C20H21N3O2S. The lowest BCUT2D eigenvalue weighted by Crippen LogP contribution is -2.14. The fourth-order valence-electron chi connectivity index (χ4n) is 2.66. The number of methoxy groups -OCH3 is 2. The molecule has 1 aromatic heterocycles. The summed E-state index contributed by atoms with van der Waals surface area (Å²) in [7, 11) is 3.33. The van der Waals surface area contributed by atoms with Crippen LogP contribution in [0.3, 0.4) is 0 Å². The highest BCUT2D eigenvalue weighted by atomic mass is 32.2. The quantitative estimate of drug-likeness (QED) is 0.624. The van der Waals surface area contributed by atoms with Gasteiger partial charge in [-0.05, 0) is 53.8 Å². The van der Waals surface area contributed by atoms with Gasteiger partial charge in [-0.25, -0.2) is 0 Å². The minimum atomic E-state index is -0.116. The molecule has 0 fully saturated rings. The molecule has 134 valence electrons. The molecule has 0 bridgehead atoms. The molecule has 0 spiro atoms. The van der Waals surface area contributed by atoms with Gasteiger partial charge in [-0.2, -0.15) is 0 Å². The third-order valence-electron chi connectivity index (χ3n) is 4.00. The summed E-state index contributed by atoms with van der Waals surface area (Å²) in [6.45, 7) is 0. The average Bonchev–Trinajstić information content (AvgIpc) is 2.72. The Bertz CT molecular complexity index is 808. The summed E-state index contributed by atoms with van der Waals surface area (Å²) in [5.41, 5.74) is 2.13. The van der Waals surface area contributed by atoms with Crippen LogP contribution in [0.15, 0.2) is 65.7 Å². The summed E-state index contributed by atoms with van der Waals surface area (Å²) in [5.74, 6) is 2.32. The first-order chi connectivity index (χ1) is 12.7. The summed E-state index contributed by atoms with van der Waals surface area (Å²) < 4.78 is 10.8. The summed E-state index contributed by atoms with van der Waals surface area (Å²) >= 11 is 1.56. The molecule has 6 heteroatoms. The highest BCUT2D eigenvalue weighted by Crippen LogP contribution is 2.30. The maximum Gasteiger partial charge on any atom is 0.149 e. The van der Waals surface area contributed by atoms with Gasteiger partial charge in [0.25, 0.3) is 0 Å². The van der Waals surface area contributed by atoms with E-state index in [2.05, 4.69) is 27.6 Å². The Morgan fingerprint density at radius 1 is 0.846 bits per heavy atom. The molecule has 26 heavy (non-hydrogen) atoms. The second-order valence-electron chi connectivity index (χ2n) is 5.59. The SMILES string of the molecule is COc1cccc(C(Nc2ccc(SC)nn2)c2cccc(OC)c2)c1. The Hall–Kier alpha value is -2.73. The van der Waals surface area contributed by atoms with Crippen molar-refractivity contribution in [2.24, 2.45) is 0 Å². The van der Waals surface area contributed by atoms with Crippen molar-refractivity contribution < 1.29 is 9.47 Å². The molecular weight excluding hydrogens is 346 g/mol. The zero-order valence-corrected chi connectivity index (χ0v) is 15.8. The van der Waals surface area contributed by atoms with E-state index in [9.17, 15) is 0 Å².